The van der Waals surface area contributed by atoms with E-state index in [2.05, 4.69) is 15.1 Å². The summed E-state index contributed by atoms with van der Waals surface area (Å²) in [5.74, 6) is 0.270. The van der Waals surface area contributed by atoms with Crippen molar-refractivity contribution in [3.05, 3.63) is 0 Å². The molecule has 15 heavy (non-hydrogen) atoms. The molecule has 0 bridgehead atoms. The van der Waals surface area contributed by atoms with Crippen LogP contribution in [0.2, 0.25) is 0 Å². The summed E-state index contributed by atoms with van der Waals surface area (Å²) in [5, 5.41) is 3.16. The molecule has 1 fully saturated rings. The molecule has 4 heteroatoms. The molecule has 1 aliphatic rings. The van der Waals surface area contributed by atoms with Crippen molar-refractivity contribution in [3.63, 3.8) is 0 Å². The third-order valence-electron chi connectivity index (χ3n) is 2.70. The predicted octanol–water partition coefficient (Wildman–Crippen LogP) is 0.150. The van der Waals surface area contributed by atoms with Crippen LogP contribution in [0, 0.1) is 0 Å². The number of hydrogen-bond donors (Lipinski definition) is 1. The molecule has 0 unspecified atom stereocenters. The van der Waals surface area contributed by atoms with Crippen LogP contribution in [0.1, 0.15) is 19.8 Å². The zero-order valence-corrected chi connectivity index (χ0v) is 9.96. The molecule has 1 heterocycles. The van der Waals surface area contributed by atoms with Gasteiger partial charge in [-0.3, -0.25) is 14.6 Å². The van der Waals surface area contributed by atoms with Crippen LogP contribution in [-0.2, 0) is 4.79 Å². The summed E-state index contributed by atoms with van der Waals surface area (Å²) in [4.78, 5) is 15.7. The van der Waals surface area contributed by atoms with Crippen molar-refractivity contribution >= 4 is 5.78 Å². The van der Waals surface area contributed by atoms with Gasteiger partial charge in [0.1, 0.15) is 5.78 Å². The van der Waals surface area contributed by atoms with Crippen molar-refractivity contribution < 1.29 is 4.79 Å². The number of nitrogens with zero attached hydrogens (tertiary/aromatic N) is 2. The maximum Gasteiger partial charge on any atom is 0.143 e. The van der Waals surface area contributed by atoms with Crippen LogP contribution in [0.25, 0.3) is 0 Å². The Bertz CT molecular complexity index is 196. The maximum absolute atomic E-state index is 11.0. The van der Waals surface area contributed by atoms with Crippen molar-refractivity contribution in [1.29, 1.82) is 0 Å². The van der Waals surface area contributed by atoms with E-state index >= 15 is 0 Å². The highest BCUT2D eigenvalue weighted by Crippen LogP contribution is 2.05. The molecule has 1 saturated heterocycles. The third-order valence-corrected chi connectivity index (χ3v) is 2.70. The topological polar surface area (TPSA) is 35.6 Å². The number of carbonyl (C=O) groups is 1. The van der Waals surface area contributed by atoms with Gasteiger partial charge in [0.25, 0.3) is 0 Å². The SMILES string of the molecule is CNCCCN1CCCN(CC(C)=O)C1. The van der Waals surface area contributed by atoms with E-state index in [-0.39, 0.29) is 5.78 Å². The lowest BCUT2D eigenvalue weighted by Crippen LogP contribution is -2.46. The molecular weight excluding hydrogens is 190 g/mol. The molecule has 0 aromatic heterocycles. The largest absolute Gasteiger partial charge is 0.320 e. The second-order valence-electron chi connectivity index (χ2n) is 4.32. The van der Waals surface area contributed by atoms with Crippen molar-refractivity contribution in [2.75, 3.05) is 46.4 Å². The third kappa shape index (κ3) is 5.25. The lowest BCUT2D eigenvalue weighted by molar-refractivity contribution is -0.119. The molecule has 0 amide bonds. The molecule has 0 aromatic rings. The fourth-order valence-electron chi connectivity index (χ4n) is 2.05. The fourth-order valence-corrected chi connectivity index (χ4v) is 2.05. The van der Waals surface area contributed by atoms with Gasteiger partial charge >= 0.3 is 0 Å². The second kappa shape index (κ2) is 6.93. The molecule has 0 radical (unpaired) electrons. The van der Waals surface area contributed by atoms with E-state index in [4.69, 9.17) is 0 Å². The molecule has 4 nitrogen and oxygen atoms in total. The number of Topliss-reactive ketones (excluding diaryl/α,β-unsaturated/α-hetero) is 1. The first-order valence-corrected chi connectivity index (χ1v) is 5.81. The smallest absolute Gasteiger partial charge is 0.143 e. The summed E-state index contributed by atoms with van der Waals surface area (Å²) < 4.78 is 0. The van der Waals surface area contributed by atoms with Crippen LogP contribution >= 0.6 is 0 Å². The van der Waals surface area contributed by atoms with Gasteiger partial charge < -0.3 is 5.32 Å². The van der Waals surface area contributed by atoms with E-state index in [1.165, 1.54) is 19.4 Å². The molecule has 0 aliphatic carbocycles. The van der Waals surface area contributed by atoms with Gasteiger partial charge in [0.15, 0.2) is 0 Å². The number of ketones is 1. The first kappa shape index (κ1) is 12.6. The van der Waals surface area contributed by atoms with E-state index in [0.717, 1.165) is 26.3 Å². The van der Waals surface area contributed by atoms with Crippen LogP contribution in [-0.4, -0.2) is 62.0 Å². The van der Waals surface area contributed by atoms with E-state index in [0.29, 0.717) is 6.54 Å². The normalized spacial score (nSPS) is 19.3. The standard InChI is InChI=1S/C11H23N3O/c1-11(15)9-14-8-4-7-13(10-14)6-3-5-12-2/h12H,3-10H2,1-2H3. The highest BCUT2D eigenvalue weighted by atomic mass is 16.1. The Hall–Kier alpha value is -0.450. The lowest BCUT2D eigenvalue weighted by Gasteiger charge is -2.35. The Morgan fingerprint density at radius 2 is 2.07 bits per heavy atom. The Morgan fingerprint density at radius 1 is 1.33 bits per heavy atom. The second-order valence-corrected chi connectivity index (χ2v) is 4.32. The highest BCUT2D eigenvalue weighted by Gasteiger charge is 2.17. The summed E-state index contributed by atoms with van der Waals surface area (Å²) in [6, 6.07) is 0. The number of nitrogens with one attached hydrogen (secondary N) is 1. The molecule has 1 rings (SSSR count). The number of carbonyl (C=O) groups excluding carboxylic acids is 1. The van der Waals surface area contributed by atoms with Crippen molar-refractivity contribution in [1.82, 2.24) is 15.1 Å². The van der Waals surface area contributed by atoms with E-state index in [9.17, 15) is 4.79 Å². The molecule has 0 aromatic carbocycles. The minimum absolute atomic E-state index is 0.270. The van der Waals surface area contributed by atoms with Crippen LogP contribution in [0.3, 0.4) is 0 Å². The molecule has 0 spiro atoms. The van der Waals surface area contributed by atoms with Gasteiger partial charge in [0, 0.05) is 19.6 Å². The summed E-state index contributed by atoms with van der Waals surface area (Å²) in [6.07, 6.45) is 2.37. The van der Waals surface area contributed by atoms with Crippen LogP contribution < -0.4 is 5.32 Å². The van der Waals surface area contributed by atoms with E-state index in [1.54, 1.807) is 6.92 Å². The van der Waals surface area contributed by atoms with Gasteiger partial charge in [-0.05, 0) is 33.4 Å². The van der Waals surface area contributed by atoms with Gasteiger partial charge in [-0.15, -0.1) is 0 Å². The van der Waals surface area contributed by atoms with E-state index in [1.807, 2.05) is 7.05 Å². The average Bonchev–Trinajstić information content (AvgIpc) is 2.18. The fraction of sp³-hybridized carbons (Fsp3) is 0.909. The number of hydrogen-bond acceptors (Lipinski definition) is 4. The monoisotopic (exact) mass is 213 g/mol. The van der Waals surface area contributed by atoms with Crippen LogP contribution in [0.5, 0.6) is 0 Å². The minimum Gasteiger partial charge on any atom is -0.320 e. The quantitative estimate of drug-likeness (QED) is 0.637. The Balaban J connectivity index is 2.19. The van der Waals surface area contributed by atoms with Gasteiger partial charge in [-0.2, -0.15) is 0 Å². The van der Waals surface area contributed by atoms with Crippen molar-refractivity contribution in [3.8, 4) is 0 Å². The average molecular weight is 213 g/mol. The Morgan fingerprint density at radius 3 is 2.73 bits per heavy atom. The molecular formula is C11H23N3O. The first-order chi connectivity index (χ1) is 7.22. The molecule has 88 valence electrons. The summed E-state index contributed by atoms with van der Waals surface area (Å²) in [5.41, 5.74) is 0. The summed E-state index contributed by atoms with van der Waals surface area (Å²) in [6.45, 7) is 7.70. The first-order valence-electron chi connectivity index (χ1n) is 5.81. The van der Waals surface area contributed by atoms with Crippen LogP contribution in [0.15, 0.2) is 0 Å². The van der Waals surface area contributed by atoms with Crippen molar-refractivity contribution in [2.24, 2.45) is 0 Å². The molecule has 1 N–H and O–H groups in total. The lowest BCUT2D eigenvalue weighted by atomic mass is 10.2. The van der Waals surface area contributed by atoms with Gasteiger partial charge in [-0.25, -0.2) is 0 Å². The Labute approximate surface area is 92.6 Å². The summed E-state index contributed by atoms with van der Waals surface area (Å²) >= 11 is 0. The van der Waals surface area contributed by atoms with Crippen LogP contribution in [0.4, 0.5) is 0 Å². The maximum atomic E-state index is 11.0. The minimum atomic E-state index is 0.270. The molecule has 0 atom stereocenters. The van der Waals surface area contributed by atoms with Gasteiger partial charge in [0.05, 0.1) is 13.2 Å². The zero-order valence-electron chi connectivity index (χ0n) is 9.96. The van der Waals surface area contributed by atoms with Crippen molar-refractivity contribution in [2.45, 2.75) is 19.8 Å². The summed E-state index contributed by atoms with van der Waals surface area (Å²) in [7, 11) is 1.98. The Kier molecular flexibility index (Phi) is 5.83. The predicted molar refractivity (Wildman–Crippen MR) is 61.9 cm³/mol. The van der Waals surface area contributed by atoms with Gasteiger partial charge in [0.2, 0.25) is 0 Å². The number of rotatable bonds is 6. The zero-order chi connectivity index (χ0) is 11.1. The highest BCUT2D eigenvalue weighted by molar-refractivity contribution is 5.77. The molecule has 1 aliphatic heterocycles. The van der Waals surface area contributed by atoms with Gasteiger partial charge in [-0.1, -0.05) is 0 Å². The molecule has 0 saturated carbocycles. The van der Waals surface area contributed by atoms with E-state index < -0.39 is 0 Å².